The van der Waals surface area contributed by atoms with E-state index in [-0.39, 0.29) is 114 Å². The first-order valence-electron chi connectivity index (χ1n) is 0. The van der Waals surface area contributed by atoms with Gasteiger partial charge in [-0.05, 0) is 0 Å². The molecule has 0 unspecified atom stereocenters. The Kier molecular flexibility index (Phi) is 449. The van der Waals surface area contributed by atoms with E-state index in [0.29, 0.717) is 0 Å². The minimum Gasteiger partial charge on any atom is -1.00 e. The van der Waals surface area contributed by atoms with Crippen LogP contribution in [0.4, 0.5) is 0 Å². The van der Waals surface area contributed by atoms with Gasteiger partial charge in [0.15, 0.2) is 0 Å². The summed E-state index contributed by atoms with van der Waals surface area (Å²) in [6, 6.07) is 0. The predicted octanol–water partition coefficient (Wildman–Crippen LogP) is -14.6. The molecule has 0 heterocycles. The molecule has 0 amide bonds. The minimum atomic E-state index is 0. The Morgan fingerprint density at radius 2 is 0.667 bits per heavy atom. The van der Waals surface area contributed by atoms with E-state index in [0.717, 1.165) is 0 Å². The second-order valence-corrected chi connectivity index (χ2v) is 0. The van der Waals surface area contributed by atoms with E-state index in [2.05, 4.69) is 0 Å². The summed E-state index contributed by atoms with van der Waals surface area (Å²) < 4.78 is 0. The van der Waals surface area contributed by atoms with Crippen LogP contribution in [0.3, 0.4) is 0 Å². The van der Waals surface area contributed by atoms with Crippen molar-refractivity contribution in [2.45, 2.75) is 0 Å². The van der Waals surface area contributed by atoms with Crippen LogP contribution in [0, 0.1) is 0 Å². The number of rotatable bonds is 0. The van der Waals surface area contributed by atoms with Crippen LogP contribution < -0.4 is 114 Å². The fourth-order valence-corrected chi connectivity index (χ4v) is 0. The summed E-state index contributed by atoms with van der Waals surface area (Å²) >= 11 is 0. The minimum absolute atomic E-state index is 0. The first-order chi connectivity index (χ1) is 0. The molecule has 0 aromatic heterocycles. The predicted molar refractivity (Wildman–Crippen MR) is 5.98 cm³/mol. The van der Waals surface area contributed by atoms with Crippen LogP contribution in [0.5, 0.6) is 0 Å². The Hall–Kier alpha value is 3.06. The van der Waals surface area contributed by atoms with Crippen molar-refractivity contribution >= 4 is 0 Å². The molecule has 0 atom stereocenters. The molecular weight excluding hydrogens is 166 g/mol. The van der Waals surface area contributed by atoms with E-state index in [9.17, 15) is 0 Å². The topological polar surface area (TPSA) is 36.5 Å². The first kappa shape index (κ1) is 62.8. The van der Waals surface area contributed by atoms with Crippen LogP contribution in [-0.2, 0) is 0 Å². The van der Waals surface area contributed by atoms with E-state index < -0.39 is 0 Å². The van der Waals surface area contributed by atoms with Gasteiger partial charge in [0.1, 0.15) is 0 Å². The zero-order chi connectivity index (χ0) is 0. The molecule has 0 aromatic rings. The molecule has 1 nitrogen and oxygen atoms in total. The standard InChI is InChI=1S/3ClH.K.Li.H3N/h3*1H;;;1H3/q;;;2*+1;/p-2. The maximum absolute atomic E-state index is 0. The second kappa shape index (κ2) is 42.9. The molecular formula is H4Cl3KLiN. The van der Waals surface area contributed by atoms with Gasteiger partial charge in [-0.1, -0.05) is 0 Å². The van der Waals surface area contributed by atoms with Crippen LogP contribution in [0.15, 0.2) is 0 Å². The zero-order valence-corrected chi connectivity index (χ0v) is 9.52. The fraction of sp³-hybridized carbons (Fsp3) is 0. The zero-order valence-electron chi connectivity index (χ0n) is 4.13. The third kappa shape index (κ3) is 27.7. The molecule has 0 rings (SSSR count). The summed E-state index contributed by atoms with van der Waals surface area (Å²) in [6.45, 7) is 0. The maximum atomic E-state index is 0. The number of hydrogen-bond acceptors (Lipinski definition) is 0. The molecule has 0 aliphatic carbocycles. The van der Waals surface area contributed by atoms with Gasteiger partial charge in [-0.3, -0.25) is 0 Å². The molecule has 32 valence electrons. The van der Waals surface area contributed by atoms with Crippen LogP contribution in [-0.4, -0.2) is 0 Å². The van der Waals surface area contributed by atoms with Crippen LogP contribution in [0.25, 0.3) is 0 Å². The van der Waals surface area contributed by atoms with Gasteiger partial charge in [0, 0.05) is 0 Å². The number of hydrogen-bond donors (Lipinski definition) is 1. The summed E-state index contributed by atoms with van der Waals surface area (Å²) in [4.78, 5) is 0. The SMILES string of the molecule is [Cl-].[Cl-].[Cl-].[K+].[Li+].[NH4+]. The maximum Gasteiger partial charge on any atom is 1.00 e. The molecule has 0 aliphatic heterocycles. The molecule has 0 spiro atoms. The van der Waals surface area contributed by atoms with E-state index in [1.165, 1.54) is 0 Å². The van der Waals surface area contributed by atoms with Gasteiger partial charge >= 0.3 is 70.2 Å². The van der Waals surface area contributed by atoms with Gasteiger partial charge in [-0.2, -0.15) is 0 Å². The molecule has 6 heteroatoms. The average molecular weight is 170 g/mol. The van der Waals surface area contributed by atoms with Gasteiger partial charge in [-0.15, -0.1) is 0 Å². The third-order valence-electron chi connectivity index (χ3n) is 0. The van der Waals surface area contributed by atoms with Crippen molar-refractivity contribution in [3.63, 3.8) is 0 Å². The largest absolute Gasteiger partial charge is 1.00 e. The van der Waals surface area contributed by atoms with Gasteiger partial charge in [-0.25, -0.2) is 0 Å². The van der Waals surface area contributed by atoms with E-state index >= 15 is 0 Å². The Balaban J connectivity index is 0. The summed E-state index contributed by atoms with van der Waals surface area (Å²) in [6.07, 6.45) is 0. The molecule has 0 aromatic carbocycles. The molecule has 0 radical (unpaired) electrons. The fourth-order valence-electron chi connectivity index (χ4n) is 0. The molecule has 0 bridgehead atoms. The number of halogens is 3. The molecule has 6 heavy (non-hydrogen) atoms. The third-order valence-corrected chi connectivity index (χ3v) is 0. The van der Waals surface area contributed by atoms with Crippen LogP contribution in [0.1, 0.15) is 0 Å². The van der Waals surface area contributed by atoms with Crippen molar-refractivity contribution in [3.05, 3.63) is 0 Å². The first-order valence-corrected chi connectivity index (χ1v) is 0. The Bertz CT molecular complexity index is 10.8. The van der Waals surface area contributed by atoms with Crippen LogP contribution in [0.2, 0.25) is 0 Å². The average Bonchev–Trinajstić information content (AvgIpc) is 0. The van der Waals surface area contributed by atoms with Gasteiger partial charge in [0.25, 0.3) is 0 Å². The molecule has 0 aliphatic rings. The quantitative estimate of drug-likeness (QED) is 0.351. The van der Waals surface area contributed by atoms with Gasteiger partial charge in [0.2, 0.25) is 0 Å². The Morgan fingerprint density at radius 3 is 0.667 bits per heavy atom. The van der Waals surface area contributed by atoms with Crippen molar-refractivity contribution < 1.29 is 107 Å². The smallest absolute Gasteiger partial charge is 1.00 e. The molecule has 0 fully saturated rings. The van der Waals surface area contributed by atoms with Crippen molar-refractivity contribution in [1.29, 1.82) is 0 Å². The molecule has 0 saturated heterocycles. The van der Waals surface area contributed by atoms with Gasteiger partial charge in [0.05, 0.1) is 0 Å². The summed E-state index contributed by atoms with van der Waals surface area (Å²) in [5.74, 6) is 0. The van der Waals surface area contributed by atoms with Crippen molar-refractivity contribution in [3.8, 4) is 0 Å². The van der Waals surface area contributed by atoms with Crippen molar-refractivity contribution in [2.24, 2.45) is 0 Å². The summed E-state index contributed by atoms with van der Waals surface area (Å²) in [5, 5.41) is 0. The number of quaternary nitrogens is 1. The van der Waals surface area contributed by atoms with E-state index in [1.54, 1.807) is 0 Å². The Morgan fingerprint density at radius 1 is 0.667 bits per heavy atom. The normalized spacial score (nSPS) is 0. The van der Waals surface area contributed by atoms with E-state index in [4.69, 9.17) is 0 Å². The Labute approximate surface area is 111 Å². The van der Waals surface area contributed by atoms with Gasteiger partial charge < -0.3 is 43.4 Å². The molecule has 4 N–H and O–H groups in total. The van der Waals surface area contributed by atoms with Crippen LogP contribution >= 0.6 is 0 Å². The summed E-state index contributed by atoms with van der Waals surface area (Å²) in [5.41, 5.74) is 0. The molecule has 0 saturated carbocycles. The second-order valence-electron chi connectivity index (χ2n) is 0. The monoisotopic (exact) mass is 169 g/mol. The van der Waals surface area contributed by atoms with E-state index in [1.807, 2.05) is 0 Å². The summed E-state index contributed by atoms with van der Waals surface area (Å²) in [7, 11) is 0. The van der Waals surface area contributed by atoms with Crippen molar-refractivity contribution in [1.82, 2.24) is 6.15 Å². The van der Waals surface area contributed by atoms with Crippen molar-refractivity contribution in [2.75, 3.05) is 0 Å².